The maximum absolute atomic E-state index is 4.48. The van der Waals surface area contributed by atoms with Crippen LogP contribution in [-0.2, 0) is 24.7 Å². The summed E-state index contributed by atoms with van der Waals surface area (Å²) in [6.07, 6.45) is 14.3. The molecule has 0 N–H and O–H groups in total. The summed E-state index contributed by atoms with van der Waals surface area (Å²) in [6.45, 7) is 2.21. The Hall–Kier alpha value is -0.857. The van der Waals surface area contributed by atoms with Gasteiger partial charge in [-0.25, -0.2) is 0 Å². The maximum atomic E-state index is 4.48. The van der Waals surface area contributed by atoms with Crippen molar-refractivity contribution in [3.63, 3.8) is 0 Å². The molecule has 0 amide bonds. The number of hydrogen-bond acceptors (Lipinski definition) is 2. The van der Waals surface area contributed by atoms with E-state index < -0.39 is 0 Å². The van der Waals surface area contributed by atoms with Gasteiger partial charge < -0.3 is 24.8 Å². The molecule has 1 aliphatic heterocycles. The molecule has 5 heteroatoms. The molecule has 0 saturated heterocycles. The van der Waals surface area contributed by atoms with Crippen molar-refractivity contribution in [2.24, 2.45) is 5.92 Å². The molecule has 1 aromatic heterocycles. The van der Waals surface area contributed by atoms with Crippen LogP contribution in [0.5, 0.6) is 0 Å². The van der Waals surface area contributed by atoms with Crippen molar-refractivity contribution >= 4 is 17.8 Å². The summed E-state index contributed by atoms with van der Waals surface area (Å²) in [6, 6.07) is 14.7. The first-order valence-electron chi connectivity index (χ1n) is 8.96. The first-order valence-corrected chi connectivity index (χ1v) is 11.0. The second-order valence-electron chi connectivity index (χ2n) is 6.48. The van der Waals surface area contributed by atoms with Crippen LogP contribution in [0.1, 0.15) is 36.1 Å². The number of benzene rings is 1. The molecule has 1 aromatic carbocycles. The second-order valence-corrected chi connectivity index (χ2v) is 9.10. The molecule has 1 nitrogen and oxygen atoms in total. The van der Waals surface area contributed by atoms with Gasteiger partial charge in [-0.2, -0.15) is 0 Å². The molecule has 2 atom stereocenters. The minimum absolute atomic E-state index is 0. The molecule has 3 aliphatic rings. The quantitative estimate of drug-likeness (QED) is 0.581. The first-order chi connectivity index (χ1) is 12.8. The molecule has 0 bridgehead atoms. The van der Waals surface area contributed by atoms with E-state index in [-0.39, 0.29) is 24.8 Å². The van der Waals surface area contributed by atoms with Crippen LogP contribution in [0, 0.1) is 5.92 Å². The van der Waals surface area contributed by atoms with Crippen LogP contribution in [0.15, 0.2) is 86.1 Å². The van der Waals surface area contributed by atoms with Gasteiger partial charge in [0.1, 0.15) is 0 Å². The van der Waals surface area contributed by atoms with Gasteiger partial charge in [-0.15, -0.1) is 0 Å². The molecule has 2 unspecified atom stereocenters. The minimum atomic E-state index is 0. The van der Waals surface area contributed by atoms with Crippen LogP contribution in [0.25, 0.3) is 6.08 Å². The Morgan fingerprint density at radius 1 is 1.07 bits per heavy atom. The van der Waals surface area contributed by atoms with Crippen LogP contribution in [-0.4, -0.2) is 4.98 Å². The van der Waals surface area contributed by atoms with E-state index in [0.29, 0.717) is 11.8 Å². The summed E-state index contributed by atoms with van der Waals surface area (Å²) in [5, 5.41) is 0. The zero-order valence-corrected chi connectivity index (χ0v) is 20.3. The number of fused-ring (bicyclic) bond motifs is 2. The molecule has 5 rings (SSSR count). The van der Waals surface area contributed by atoms with Crippen molar-refractivity contribution in [2.45, 2.75) is 19.3 Å². The predicted octanol–water partition coefficient (Wildman–Crippen LogP) is 0.220. The Morgan fingerprint density at radius 3 is 2.57 bits per heavy atom. The number of aromatic nitrogens is 1. The molecule has 0 fully saturated rings. The fourth-order valence-corrected chi connectivity index (χ4v) is 5.70. The fourth-order valence-electron chi connectivity index (χ4n) is 3.48. The van der Waals surface area contributed by atoms with Crippen LogP contribution in [0.3, 0.4) is 0 Å². The average molecular weight is 505 g/mol. The number of rotatable bonds is 2. The molecule has 2 heterocycles. The van der Waals surface area contributed by atoms with Crippen molar-refractivity contribution < 1.29 is 49.5 Å². The van der Waals surface area contributed by atoms with Gasteiger partial charge >= 0.3 is 110 Å². The Balaban J connectivity index is 0.000000204. The van der Waals surface area contributed by atoms with Crippen LogP contribution in [0.4, 0.5) is 0 Å². The van der Waals surface area contributed by atoms with Gasteiger partial charge in [0, 0.05) is 10.8 Å². The molecule has 2 aromatic rings. The van der Waals surface area contributed by atoms with Crippen LogP contribution in [0.2, 0.25) is 0 Å². The number of thioether (sulfide) groups is 1. The van der Waals surface area contributed by atoms with Crippen molar-refractivity contribution in [1.82, 2.24) is 4.98 Å². The third-order valence-corrected chi connectivity index (χ3v) is 7.18. The van der Waals surface area contributed by atoms with Gasteiger partial charge in [-0.05, 0) is 11.3 Å². The van der Waals surface area contributed by atoms with E-state index >= 15 is 0 Å². The monoisotopic (exact) mass is 502 g/mol. The predicted molar refractivity (Wildman–Crippen MR) is 107 cm³/mol. The summed E-state index contributed by atoms with van der Waals surface area (Å²) in [7, 11) is 0. The Bertz CT molecular complexity index is 935. The van der Waals surface area contributed by atoms with Crippen LogP contribution >= 0.6 is 11.8 Å². The van der Waals surface area contributed by atoms with E-state index in [4.69, 9.17) is 0 Å². The molecule has 0 saturated carbocycles. The number of halogens is 2. The molecule has 28 heavy (non-hydrogen) atoms. The van der Waals surface area contributed by atoms with Gasteiger partial charge in [0.2, 0.25) is 0 Å². The summed E-state index contributed by atoms with van der Waals surface area (Å²) in [5.74, 6) is 1.02. The summed E-state index contributed by atoms with van der Waals surface area (Å²) >= 11 is 3.42. The van der Waals surface area contributed by atoms with E-state index in [1.165, 1.54) is 55.4 Å². The third-order valence-electron chi connectivity index (χ3n) is 4.78. The molecule has 0 radical (unpaired) electrons. The Kier molecular flexibility index (Phi) is 9.02. The third kappa shape index (κ3) is 5.00. The Labute approximate surface area is 199 Å². The standard InChI is InChI=1S/C14H10N.C9H10S.2ClH.Zr/c1-2-6-12-11(5-1)8-9-13(12)14-7-3-4-10-15-14;1-2-8-6-7-4-3-5-9(7)10-8;;;/h1-8,10,13H;3-7H,2H2,1H3;2*1H;/q;;;;+2/p-2. The summed E-state index contributed by atoms with van der Waals surface area (Å²) in [5.41, 5.74) is 3.91. The van der Waals surface area contributed by atoms with Gasteiger partial charge in [-0.1, -0.05) is 43.0 Å². The molecular weight excluding hydrogens is 484 g/mol. The fraction of sp³-hybridized carbons (Fsp3) is 0.174. The molecule has 2 aliphatic carbocycles. The summed E-state index contributed by atoms with van der Waals surface area (Å²) < 4.78 is 1.46. The zero-order valence-electron chi connectivity index (χ0n) is 15.5. The Morgan fingerprint density at radius 2 is 1.86 bits per heavy atom. The van der Waals surface area contributed by atoms with Gasteiger partial charge in [-0.3, -0.25) is 0 Å². The van der Waals surface area contributed by atoms with E-state index in [2.05, 4.69) is 78.7 Å². The van der Waals surface area contributed by atoms with E-state index in [0.717, 1.165) is 5.69 Å². The van der Waals surface area contributed by atoms with E-state index in [1.807, 2.05) is 24.0 Å². The van der Waals surface area contributed by atoms with Gasteiger partial charge in [0.25, 0.3) is 0 Å². The van der Waals surface area contributed by atoms with Crippen molar-refractivity contribution in [1.29, 1.82) is 0 Å². The van der Waals surface area contributed by atoms with Gasteiger partial charge in [0.15, 0.2) is 0 Å². The normalized spacial score (nSPS) is 20.5. The molecule has 0 spiro atoms. The second kappa shape index (κ2) is 10.8. The number of pyridine rings is 1. The van der Waals surface area contributed by atoms with Crippen molar-refractivity contribution in [2.75, 3.05) is 0 Å². The zero-order chi connectivity index (χ0) is 17.9. The van der Waals surface area contributed by atoms with E-state index in [1.54, 1.807) is 0 Å². The van der Waals surface area contributed by atoms with Crippen molar-refractivity contribution in [3.05, 3.63) is 103 Å². The first kappa shape index (κ1) is 23.4. The number of allylic oxidation sites excluding steroid dienone is 7. The number of hydrogen-bond donors (Lipinski definition) is 0. The average Bonchev–Trinajstić information content (AvgIpc) is 3.34. The summed E-state index contributed by atoms with van der Waals surface area (Å²) in [4.78, 5) is 7.52. The number of nitrogens with zero attached hydrogens (tertiary/aromatic N) is 1. The molecule has 141 valence electrons. The van der Waals surface area contributed by atoms with E-state index in [9.17, 15) is 0 Å². The molecular formula is C23H20Cl2NSZr. The van der Waals surface area contributed by atoms with Gasteiger partial charge in [0.05, 0.1) is 0 Å². The SMILES string of the molecule is CCC1=CC2C=CC=C2S1.[Cl-].[Cl-].[Zr+2][C]1=Cc2ccccc2C1c1ccccn1. The topological polar surface area (TPSA) is 12.9 Å². The van der Waals surface area contributed by atoms with Crippen molar-refractivity contribution in [3.8, 4) is 0 Å². The van der Waals surface area contributed by atoms with Crippen LogP contribution < -0.4 is 24.8 Å².